The average Bonchev–Trinajstić information content (AvgIpc) is 2.83. The molecule has 7 nitrogen and oxygen atoms in total. The maximum absolute atomic E-state index is 12.4. The summed E-state index contributed by atoms with van der Waals surface area (Å²) in [6.45, 7) is 2.51. The van der Waals surface area contributed by atoms with E-state index >= 15 is 0 Å². The minimum Gasteiger partial charge on any atom is -0.494 e. The van der Waals surface area contributed by atoms with Crippen molar-refractivity contribution in [2.45, 2.75) is 38.1 Å². The Kier molecular flexibility index (Phi) is 4.42. The van der Waals surface area contributed by atoms with Gasteiger partial charge in [0.2, 0.25) is 5.91 Å². The van der Waals surface area contributed by atoms with E-state index in [0.29, 0.717) is 32.3 Å². The molecule has 3 N–H and O–H groups in total. The first-order chi connectivity index (χ1) is 11.5. The van der Waals surface area contributed by atoms with Gasteiger partial charge in [-0.2, -0.15) is 0 Å². The van der Waals surface area contributed by atoms with Gasteiger partial charge in [0.1, 0.15) is 11.3 Å². The molecule has 1 saturated carbocycles. The van der Waals surface area contributed by atoms with Crippen molar-refractivity contribution < 1.29 is 19.1 Å². The lowest BCUT2D eigenvalue weighted by molar-refractivity contribution is -0.128. The summed E-state index contributed by atoms with van der Waals surface area (Å²) in [7, 11) is 0. The minimum atomic E-state index is -0.826. The minimum absolute atomic E-state index is 0.0567. The predicted octanol–water partition coefficient (Wildman–Crippen LogP) is 1.79. The summed E-state index contributed by atoms with van der Waals surface area (Å²) in [5.74, 6) is 0.266. The van der Waals surface area contributed by atoms with E-state index in [2.05, 4.69) is 16.0 Å². The fourth-order valence-electron chi connectivity index (χ4n) is 3.30. The number of anilines is 1. The van der Waals surface area contributed by atoms with Crippen molar-refractivity contribution in [1.29, 1.82) is 0 Å². The lowest BCUT2D eigenvalue weighted by atomic mass is 9.76. The number of carbonyl (C=O) groups excluding carboxylic acids is 3. The molecule has 1 aliphatic carbocycles. The molecule has 0 aromatic heterocycles. The Morgan fingerprint density at radius 3 is 2.46 bits per heavy atom. The van der Waals surface area contributed by atoms with E-state index in [1.807, 2.05) is 19.1 Å². The van der Waals surface area contributed by atoms with Gasteiger partial charge in [0.05, 0.1) is 6.61 Å². The van der Waals surface area contributed by atoms with Crippen LogP contribution < -0.4 is 20.7 Å². The van der Waals surface area contributed by atoms with Crippen molar-refractivity contribution >= 4 is 23.5 Å². The Hall–Kier alpha value is -2.57. The molecule has 1 aromatic rings. The molecule has 4 amide bonds. The highest BCUT2D eigenvalue weighted by molar-refractivity contribution is 6.07. The molecule has 7 heteroatoms. The van der Waals surface area contributed by atoms with E-state index in [4.69, 9.17) is 4.74 Å². The molecule has 1 saturated heterocycles. The molecule has 2 aliphatic rings. The van der Waals surface area contributed by atoms with Gasteiger partial charge >= 0.3 is 6.03 Å². The Bertz CT molecular complexity index is 648. The molecule has 1 spiro atoms. The summed E-state index contributed by atoms with van der Waals surface area (Å²) in [6.07, 6.45) is 2.09. The van der Waals surface area contributed by atoms with Crippen molar-refractivity contribution in [3.63, 3.8) is 0 Å². The van der Waals surface area contributed by atoms with Crippen molar-refractivity contribution in [2.75, 3.05) is 11.9 Å². The maximum Gasteiger partial charge on any atom is 0.322 e. The van der Waals surface area contributed by atoms with E-state index in [1.54, 1.807) is 12.1 Å². The van der Waals surface area contributed by atoms with Gasteiger partial charge in [-0.25, -0.2) is 4.79 Å². The number of nitrogens with one attached hydrogen (secondary N) is 3. The molecule has 0 radical (unpaired) electrons. The van der Waals surface area contributed by atoms with Crippen LogP contribution in [-0.2, 0) is 9.59 Å². The van der Waals surface area contributed by atoms with Crippen LogP contribution >= 0.6 is 0 Å². The number of amides is 4. The zero-order valence-corrected chi connectivity index (χ0v) is 13.6. The van der Waals surface area contributed by atoms with Crippen LogP contribution in [0.5, 0.6) is 5.75 Å². The molecule has 0 unspecified atom stereocenters. The first-order valence-electron chi connectivity index (χ1n) is 8.20. The Balaban J connectivity index is 1.55. The average molecular weight is 331 g/mol. The van der Waals surface area contributed by atoms with Crippen LogP contribution in [0.15, 0.2) is 24.3 Å². The predicted molar refractivity (Wildman–Crippen MR) is 87.6 cm³/mol. The van der Waals surface area contributed by atoms with Crippen LogP contribution in [0.1, 0.15) is 32.6 Å². The van der Waals surface area contributed by atoms with Crippen LogP contribution in [-0.4, -0.2) is 30.0 Å². The number of carbonyl (C=O) groups is 3. The SMILES string of the molecule is CCOc1ccc(NC(=O)C2CCC3(CC2)NC(=O)NC3=O)cc1. The number of benzene rings is 1. The number of urea groups is 1. The quantitative estimate of drug-likeness (QED) is 0.733. The molecule has 128 valence electrons. The van der Waals surface area contributed by atoms with Crippen molar-refractivity contribution in [1.82, 2.24) is 10.6 Å². The molecule has 2 fully saturated rings. The molecule has 0 bridgehead atoms. The van der Waals surface area contributed by atoms with Crippen LogP contribution in [0.25, 0.3) is 0 Å². The third kappa shape index (κ3) is 3.20. The number of hydrogen-bond acceptors (Lipinski definition) is 4. The lowest BCUT2D eigenvalue weighted by Crippen LogP contribution is -2.50. The van der Waals surface area contributed by atoms with E-state index < -0.39 is 11.6 Å². The summed E-state index contributed by atoms with van der Waals surface area (Å²) in [5, 5.41) is 7.87. The van der Waals surface area contributed by atoms with Gasteiger partial charge in [0.15, 0.2) is 0 Å². The van der Waals surface area contributed by atoms with E-state index in [1.165, 1.54) is 0 Å². The maximum atomic E-state index is 12.4. The molecule has 1 heterocycles. The highest BCUT2D eigenvalue weighted by Crippen LogP contribution is 2.34. The molecule has 0 atom stereocenters. The number of ether oxygens (including phenoxy) is 1. The smallest absolute Gasteiger partial charge is 0.322 e. The van der Waals surface area contributed by atoms with Crippen LogP contribution in [0.2, 0.25) is 0 Å². The molecular weight excluding hydrogens is 310 g/mol. The molecule has 3 rings (SSSR count). The number of imide groups is 1. The lowest BCUT2D eigenvalue weighted by Gasteiger charge is -2.33. The van der Waals surface area contributed by atoms with Crippen molar-refractivity contribution in [2.24, 2.45) is 5.92 Å². The Morgan fingerprint density at radius 2 is 1.92 bits per heavy atom. The van der Waals surface area contributed by atoms with Gasteiger partial charge in [-0.05, 0) is 56.9 Å². The number of hydrogen-bond donors (Lipinski definition) is 3. The summed E-state index contributed by atoms with van der Waals surface area (Å²) in [6, 6.07) is 6.79. The van der Waals surface area contributed by atoms with E-state index in [0.717, 1.165) is 11.4 Å². The van der Waals surface area contributed by atoms with Crippen LogP contribution in [0, 0.1) is 5.92 Å². The number of rotatable bonds is 4. The van der Waals surface area contributed by atoms with Crippen LogP contribution in [0.3, 0.4) is 0 Å². The van der Waals surface area contributed by atoms with Crippen molar-refractivity contribution in [3.8, 4) is 5.75 Å². The van der Waals surface area contributed by atoms with Crippen molar-refractivity contribution in [3.05, 3.63) is 24.3 Å². The zero-order valence-electron chi connectivity index (χ0n) is 13.6. The zero-order chi connectivity index (χ0) is 17.2. The van der Waals surface area contributed by atoms with E-state index in [9.17, 15) is 14.4 Å². The first-order valence-corrected chi connectivity index (χ1v) is 8.20. The van der Waals surface area contributed by atoms with Gasteiger partial charge in [-0.15, -0.1) is 0 Å². The van der Waals surface area contributed by atoms with Gasteiger partial charge in [-0.3, -0.25) is 14.9 Å². The monoisotopic (exact) mass is 331 g/mol. The molecule has 1 aliphatic heterocycles. The largest absolute Gasteiger partial charge is 0.494 e. The van der Waals surface area contributed by atoms with Gasteiger partial charge in [-0.1, -0.05) is 0 Å². The Morgan fingerprint density at radius 1 is 1.25 bits per heavy atom. The Labute approximate surface area is 140 Å². The third-order valence-corrected chi connectivity index (χ3v) is 4.66. The fourth-order valence-corrected chi connectivity index (χ4v) is 3.30. The van der Waals surface area contributed by atoms with Gasteiger partial charge in [0.25, 0.3) is 5.91 Å². The normalized spacial score (nSPS) is 26.0. The van der Waals surface area contributed by atoms with Crippen LogP contribution in [0.4, 0.5) is 10.5 Å². The second-order valence-electron chi connectivity index (χ2n) is 6.21. The third-order valence-electron chi connectivity index (χ3n) is 4.66. The molecule has 24 heavy (non-hydrogen) atoms. The second kappa shape index (κ2) is 6.51. The second-order valence-corrected chi connectivity index (χ2v) is 6.21. The first kappa shape index (κ1) is 16.3. The fraction of sp³-hybridized carbons (Fsp3) is 0.471. The molecule has 1 aromatic carbocycles. The summed E-state index contributed by atoms with van der Waals surface area (Å²) < 4.78 is 5.37. The van der Waals surface area contributed by atoms with Gasteiger partial charge < -0.3 is 15.4 Å². The summed E-state index contributed by atoms with van der Waals surface area (Å²) in [4.78, 5) is 35.6. The molecular formula is C17H21N3O4. The van der Waals surface area contributed by atoms with E-state index in [-0.39, 0.29) is 17.7 Å². The van der Waals surface area contributed by atoms with Gasteiger partial charge in [0, 0.05) is 11.6 Å². The standard InChI is InChI=1S/C17H21N3O4/c1-2-24-13-5-3-12(4-6-13)18-14(21)11-7-9-17(10-8-11)15(22)19-16(23)20-17/h3-6,11H,2,7-10H2,1H3,(H,18,21)(H2,19,20,22,23). The highest BCUT2D eigenvalue weighted by atomic mass is 16.5. The summed E-state index contributed by atoms with van der Waals surface area (Å²) in [5.41, 5.74) is -0.108. The topological polar surface area (TPSA) is 96.5 Å². The highest BCUT2D eigenvalue weighted by Gasteiger charge is 2.48. The summed E-state index contributed by atoms with van der Waals surface area (Å²) >= 11 is 0.